The van der Waals surface area contributed by atoms with E-state index in [4.69, 9.17) is 5.26 Å². The minimum atomic E-state index is -0.212. The number of thioether (sulfide) groups is 1. The fourth-order valence-electron chi connectivity index (χ4n) is 2.47. The Hall–Kier alpha value is -0.690. The topological polar surface area (TPSA) is 44.1 Å². The first kappa shape index (κ1) is 12.8. The van der Waals surface area contributed by atoms with Gasteiger partial charge < -0.3 is 4.90 Å². The van der Waals surface area contributed by atoms with Crippen molar-refractivity contribution in [2.24, 2.45) is 5.41 Å². The molecule has 2 aliphatic heterocycles. The van der Waals surface area contributed by atoms with Crippen molar-refractivity contribution >= 4 is 17.7 Å². The third-order valence-electron chi connectivity index (χ3n) is 3.90. The zero-order chi connectivity index (χ0) is 12.3. The molecular weight excluding hydrogens is 232 g/mol. The van der Waals surface area contributed by atoms with Crippen LogP contribution in [0.3, 0.4) is 0 Å². The highest BCUT2D eigenvalue weighted by atomic mass is 32.2. The monoisotopic (exact) mass is 252 g/mol. The lowest BCUT2D eigenvalue weighted by Crippen LogP contribution is -2.45. The maximum atomic E-state index is 12.3. The van der Waals surface area contributed by atoms with Gasteiger partial charge in [0.15, 0.2) is 0 Å². The molecule has 3 nitrogen and oxygen atoms in total. The lowest BCUT2D eigenvalue weighted by Gasteiger charge is -2.37. The lowest BCUT2D eigenvalue weighted by atomic mass is 9.82. The molecule has 0 radical (unpaired) electrons. The summed E-state index contributed by atoms with van der Waals surface area (Å²) in [7, 11) is 0. The van der Waals surface area contributed by atoms with Crippen LogP contribution in [0.1, 0.15) is 39.0 Å². The maximum Gasteiger partial charge on any atom is 0.235 e. The summed E-state index contributed by atoms with van der Waals surface area (Å²) >= 11 is 1.81. The number of amides is 1. The molecule has 2 saturated heterocycles. The number of nitriles is 1. The van der Waals surface area contributed by atoms with Crippen LogP contribution in [0.25, 0.3) is 0 Å². The van der Waals surface area contributed by atoms with Crippen molar-refractivity contribution in [3.05, 3.63) is 0 Å². The van der Waals surface area contributed by atoms with Crippen LogP contribution < -0.4 is 0 Å². The third kappa shape index (κ3) is 2.95. The molecule has 2 heterocycles. The normalized spacial score (nSPS) is 28.5. The Bertz CT molecular complexity index is 323. The van der Waals surface area contributed by atoms with Crippen LogP contribution in [0, 0.1) is 16.7 Å². The molecule has 0 bridgehead atoms. The quantitative estimate of drug-likeness (QED) is 0.720. The Labute approximate surface area is 108 Å². The van der Waals surface area contributed by atoms with Gasteiger partial charge in [0, 0.05) is 13.1 Å². The van der Waals surface area contributed by atoms with E-state index in [0.29, 0.717) is 5.91 Å². The van der Waals surface area contributed by atoms with Gasteiger partial charge in [-0.3, -0.25) is 4.79 Å². The average molecular weight is 252 g/mol. The van der Waals surface area contributed by atoms with Gasteiger partial charge in [0.25, 0.3) is 0 Å². The second-order valence-corrected chi connectivity index (χ2v) is 6.66. The Balaban J connectivity index is 1.88. The SMILES string of the molecule is CC1(C#N)CCN(C(=O)C2CCCCS2)CC1. The summed E-state index contributed by atoms with van der Waals surface area (Å²) in [6, 6.07) is 2.38. The maximum absolute atomic E-state index is 12.3. The molecule has 17 heavy (non-hydrogen) atoms. The second-order valence-electron chi connectivity index (χ2n) is 5.35. The Morgan fingerprint density at radius 1 is 1.41 bits per heavy atom. The van der Waals surface area contributed by atoms with Gasteiger partial charge in [-0.25, -0.2) is 0 Å². The van der Waals surface area contributed by atoms with Gasteiger partial charge in [-0.15, -0.1) is 11.8 Å². The molecule has 2 fully saturated rings. The van der Waals surface area contributed by atoms with Crippen molar-refractivity contribution < 1.29 is 4.79 Å². The molecule has 0 saturated carbocycles. The van der Waals surface area contributed by atoms with Crippen molar-refractivity contribution in [1.82, 2.24) is 4.90 Å². The van der Waals surface area contributed by atoms with Crippen molar-refractivity contribution in [1.29, 1.82) is 5.26 Å². The van der Waals surface area contributed by atoms with Gasteiger partial charge in [0.05, 0.1) is 16.7 Å². The van der Waals surface area contributed by atoms with Crippen LogP contribution >= 0.6 is 11.8 Å². The summed E-state index contributed by atoms with van der Waals surface area (Å²) in [6.45, 7) is 3.53. The Kier molecular flexibility index (Phi) is 3.98. The zero-order valence-electron chi connectivity index (χ0n) is 10.4. The van der Waals surface area contributed by atoms with E-state index in [9.17, 15) is 4.79 Å². The van der Waals surface area contributed by atoms with E-state index in [-0.39, 0.29) is 10.7 Å². The second kappa shape index (κ2) is 5.30. The highest BCUT2D eigenvalue weighted by molar-refractivity contribution is 8.00. The first-order valence-corrected chi connectivity index (χ1v) is 7.51. The van der Waals surface area contributed by atoms with Gasteiger partial charge in [0.1, 0.15) is 0 Å². The molecule has 0 aromatic heterocycles. The predicted molar refractivity (Wildman–Crippen MR) is 69.6 cm³/mol. The standard InChI is InChI=1S/C13H20N2OS/c1-13(10-14)5-7-15(8-6-13)12(16)11-4-2-3-9-17-11/h11H,2-9H2,1H3. The summed E-state index contributed by atoms with van der Waals surface area (Å²) in [6.07, 6.45) is 5.13. The minimum absolute atomic E-state index is 0.190. The minimum Gasteiger partial charge on any atom is -0.342 e. The Morgan fingerprint density at radius 3 is 2.65 bits per heavy atom. The fourth-order valence-corrected chi connectivity index (χ4v) is 3.75. The van der Waals surface area contributed by atoms with Crippen LogP contribution in [0.2, 0.25) is 0 Å². The van der Waals surface area contributed by atoms with Gasteiger partial charge in [-0.2, -0.15) is 5.26 Å². The first-order valence-electron chi connectivity index (χ1n) is 6.46. The molecule has 94 valence electrons. The number of carbonyl (C=O) groups excluding carboxylic acids is 1. The highest BCUT2D eigenvalue weighted by Crippen LogP contribution is 2.32. The van der Waals surface area contributed by atoms with Crippen molar-refractivity contribution in [3.63, 3.8) is 0 Å². The molecule has 0 N–H and O–H groups in total. The molecule has 1 unspecified atom stereocenters. The number of hydrogen-bond acceptors (Lipinski definition) is 3. The molecule has 1 amide bonds. The molecule has 0 aliphatic carbocycles. The summed E-state index contributed by atoms with van der Waals surface area (Å²) in [4.78, 5) is 14.2. The summed E-state index contributed by atoms with van der Waals surface area (Å²) in [5.41, 5.74) is -0.212. The van der Waals surface area contributed by atoms with Crippen LogP contribution in [-0.4, -0.2) is 34.9 Å². The van der Waals surface area contributed by atoms with Gasteiger partial charge in [0.2, 0.25) is 5.91 Å². The third-order valence-corrected chi connectivity index (χ3v) is 5.27. The molecule has 1 atom stereocenters. The van der Waals surface area contributed by atoms with Crippen LogP contribution in [0.15, 0.2) is 0 Å². The summed E-state index contributed by atoms with van der Waals surface area (Å²) < 4.78 is 0. The van der Waals surface area contributed by atoms with E-state index in [1.807, 2.05) is 23.6 Å². The number of hydrogen-bond donors (Lipinski definition) is 0. The average Bonchev–Trinajstić information content (AvgIpc) is 2.40. The number of rotatable bonds is 1. The largest absolute Gasteiger partial charge is 0.342 e. The predicted octanol–water partition coefficient (Wildman–Crippen LogP) is 2.42. The summed E-state index contributed by atoms with van der Waals surface area (Å²) in [5, 5.41) is 9.26. The van der Waals surface area contributed by atoms with E-state index in [1.165, 1.54) is 12.8 Å². The van der Waals surface area contributed by atoms with E-state index < -0.39 is 0 Å². The molecular formula is C13H20N2OS. The summed E-state index contributed by atoms with van der Waals surface area (Å²) in [5.74, 6) is 1.44. The van der Waals surface area contributed by atoms with Crippen LogP contribution in [-0.2, 0) is 4.79 Å². The van der Waals surface area contributed by atoms with E-state index in [1.54, 1.807) is 0 Å². The number of nitrogens with zero attached hydrogens (tertiary/aromatic N) is 2. The fraction of sp³-hybridized carbons (Fsp3) is 0.846. The van der Waals surface area contributed by atoms with E-state index in [0.717, 1.165) is 38.1 Å². The van der Waals surface area contributed by atoms with Gasteiger partial charge in [-0.1, -0.05) is 6.42 Å². The Morgan fingerprint density at radius 2 is 2.12 bits per heavy atom. The zero-order valence-corrected chi connectivity index (χ0v) is 11.3. The van der Waals surface area contributed by atoms with Crippen LogP contribution in [0.5, 0.6) is 0 Å². The molecule has 4 heteroatoms. The number of piperidine rings is 1. The van der Waals surface area contributed by atoms with Crippen LogP contribution in [0.4, 0.5) is 0 Å². The van der Waals surface area contributed by atoms with Crippen molar-refractivity contribution in [2.75, 3.05) is 18.8 Å². The van der Waals surface area contributed by atoms with E-state index >= 15 is 0 Å². The molecule has 0 spiro atoms. The molecule has 0 aromatic rings. The smallest absolute Gasteiger partial charge is 0.235 e. The highest BCUT2D eigenvalue weighted by Gasteiger charge is 2.34. The number of carbonyl (C=O) groups is 1. The first-order chi connectivity index (χ1) is 8.14. The molecule has 2 aliphatic rings. The molecule has 0 aromatic carbocycles. The van der Waals surface area contributed by atoms with Crippen molar-refractivity contribution in [3.8, 4) is 6.07 Å². The van der Waals surface area contributed by atoms with Crippen molar-refractivity contribution in [2.45, 2.75) is 44.3 Å². The lowest BCUT2D eigenvalue weighted by molar-refractivity contribution is -0.132. The van der Waals surface area contributed by atoms with E-state index in [2.05, 4.69) is 6.07 Å². The number of likely N-dealkylation sites (tertiary alicyclic amines) is 1. The van der Waals surface area contributed by atoms with Gasteiger partial charge >= 0.3 is 0 Å². The molecule has 2 rings (SSSR count). The van der Waals surface area contributed by atoms with Gasteiger partial charge in [-0.05, 0) is 38.4 Å².